The Labute approximate surface area is 88.5 Å². The van der Waals surface area contributed by atoms with E-state index in [9.17, 15) is 0 Å². The van der Waals surface area contributed by atoms with Gasteiger partial charge in [0.2, 0.25) is 0 Å². The van der Waals surface area contributed by atoms with Gasteiger partial charge in [0, 0.05) is 23.5 Å². The summed E-state index contributed by atoms with van der Waals surface area (Å²) >= 11 is 0. The maximum absolute atomic E-state index is 5.76. The van der Waals surface area contributed by atoms with Gasteiger partial charge in [-0.3, -0.25) is 4.98 Å². The van der Waals surface area contributed by atoms with Crippen LogP contribution in [0.5, 0.6) is 5.75 Å². The predicted molar refractivity (Wildman–Crippen MR) is 60.6 cm³/mol. The molecule has 2 N–H and O–H groups in total. The zero-order chi connectivity index (χ0) is 10.7. The van der Waals surface area contributed by atoms with Crippen LogP contribution in [0.15, 0.2) is 42.6 Å². The van der Waals surface area contributed by atoms with Crippen molar-refractivity contribution in [2.45, 2.75) is 0 Å². The average Bonchev–Trinajstić information content (AvgIpc) is 2.29. The lowest BCUT2D eigenvalue weighted by Crippen LogP contribution is -1.90. The Hall–Kier alpha value is -2.03. The van der Waals surface area contributed by atoms with E-state index in [1.807, 2.05) is 30.3 Å². The molecule has 0 bridgehead atoms. The Kier molecular flexibility index (Phi) is 2.54. The number of methoxy groups -OCH3 is 1. The van der Waals surface area contributed by atoms with E-state index in [1.54, 1.807) is 19.4 Å². The fourth-order valence-electron chi connectivity index (χ4n) is 1.42. The van der Waals surface area contributed by atoms with Crippen LogP contribution in [0.3, 0.4) is 0 Å². The number of rotatable bonds is 2. The smallest absolute Gasteiger partial charge is 0.121 e. The highest BCUT2D eigenvalue weighted by molar-refractivity contribution is 5.66. The first-order valence-corrected chi connectivity index (χ1v) is 4.65. The Morgan fingerprint density at radius 2 is 2.07 bits per heavy atom. The van der Waals surface area contributed by atoms with Gasteiger partial charge >= 0.3 is 0 Å². The first kappa shape index (κ1) is 9.52. The van der Waals surface area contributed by atoms with Gasteiger partial charge in [0.15, 0.2) is 0 Å². The number of hydrogen-bond acceptors (Lipinski definition) is 3. The van der Waals surface area contributed by atoms with E-state index in [4.69, 9.17) is 10.5 Å². The minimum atomic E-state index is 0.676. The molecular formula is C12H12N2O. The number of nitrogen functional groups attached to an aromatic ring is 1. The zero-order valence-corrected chi connectivity index (χ0v) is 8.47. The number of hydrogen-bond donors (Lipinski definition) is 1. The lowest BCUT2D eigenvalue weighted by atomic mass is 10.1. The van der Waals surface area contributed by atoms with E-state index in [1.165, 1.54) is 0 Å². The summed E-state index contributed by atoms with van der Waals surface area (Å²) in [6.45, 7) is 0. The van der Waals surface area contributed by atoms with Gasteiger partial charge in [-0.05, 0) is 24.3 Å². The maximum atomic E-state index is 5.76. The van der Waals surface area contributed by atoms with Gasteiger partial charge in [-0.15, -0.1) is 0 Å². The molecule has 0 saturated carbocycles. The molecular weight excluding hydrogens is 188 g/mol. The second kappa shape index (κ2) is 4.00. The second-order valence-electron chi connectivity index (χ2n) is 3.21. The number of aromatic nitrogens is 1. The monoisotopic (exact) mass is 200 g/mol. The van der Waals surface area contributed by atoms with Crippen LogP contribution in [0.25, 0.3) is 11.3 Å². The van der Waals surface area contributed by atoms with E-state index in [0.29, 0.717) is 5.69 Å². The fourth-order valence-corrected chi connectivity index (χ4v) is 1.42. The third kappa shape index (κ3) is 2.07. The first-order chi connectivity index (χ1) is 7.29. The molecule has 3 nitrogen and oxygen atoms in total. The summed E-state index contributed by atoms with van der Waals surface area (Å²) in [5, 5.41) is 0. The molecule has 1 heterocycles. The molecule has 0 fully saturated rings. The summed E-state index contributed by atoms with van der Waals surface area (Å²) in [7, 11) is 1.62. The highest BCUT2D eigenvalue weighted by atomic mass is 16.5. The first-order valence-electron chi connectivity index (χ1n) is 4.65. The molecule has 0 atom stereocenters. The quantitative estimate of drug-likeness (QED) is 0.757. The number of pyridine rings is 1. The fraction of sp³-hybridized carbons (Fsp3) is 0.0833. The molecule has 1 aromatic heterocycles. The molecule has 2 rings (SSSR count). The normalized spacial score (nSPS) is 9.93. The molecule has 76 valence electrons. The summed E-state index contributed by atoms with van der Waals surface area (Å²) in [6.07, 6.45) is 1.75. The van der Waals surface area contributed by atoms with Gasteiger partial charge in [0.05, 0.1) is 12.8 Å². The zero-order valence-electron chi connectivity index (χ0n) is 8.47. The summed E-state index contributed by atoms with van der Waals surface area (Å²) in [5.41, 5.74) is 8.30. The SMILES string of the molecule is COc1cc(N)cc(-c2ccccn2)c1. The number of anilines is 1. The Bertz CT molecular complexity index is 454. The summed E-state index contributed by atoms with van der Waals surface area (Å²) in [4.78, 5) is 4.25. The van der Waals surface area contributed by atoms with Crippen molar-refractivity contribution in [1.82, 2.24) is 4.98 Å². The Morgan fingerprint density at radius 3 is 2.73 bits per heavy atom. The van der Waals surface area contributed by atoms with Gasteiger partial charge < -0.3 is 10.5 Å². The van der Waals surface area contributed by atoms with Crippen LogP contribution in [0.1, 0.15) is 0 Å². The average molecular weight is 200 g/mol. The van der Waals surface area contributed by atoms with Gasteiger partial charge in [-0.25, -0.2) is 0 Å². The van der Waals surface area contributed by atoms with Crippen molar-refractivity contribution in [1.29, 1.82) is 0 Å². The van der Waals surface area contributed by atoms with Gasteiger partial charge in [0.25, 0.3) is 0 Å². The van der Waals surface area contributed by atoms with E-state index in [2.05, 4.69) is 4.98 Å². The van der Waals surface area contributed by atoms with Crippen LogP contribution in [-0.4, -0.2) is 12.1 Å². The van der Waals surface area contributed by atoms with Crippen molar-refractivity contribution in [3.8, 4) is 17.0 Å². The summed E-state index contributed by atoms with van der Waals surface area (Å²) in [6, 6.07) is 11.3. The number of nitrogens with two attached hydrogens (primary N) is 1. The molecule has 0 unspecified atom stereocenters. The minimum Gasteiger partial charge on any atom is -0.497 e. The molecule has 0 saturated heterocycles. The molecule has 0 aliphatic carbocycles. The molecule has 0 spiro atoms. The third-order valence-electron chi connectivity index (χ3n) is 2.13. The molecule has 1 aromatic carbocycles. The maximum Gasteiger partial charge on any atom is 0.121 e. The van der Waals surface area contributed by atoms with Crippen molar-refractivity contribution in [3.05, 3.63) is 42.6 Å². The van der Waals surface area contributed by atoms with Crippen molar-refractivity contribution in [2.24, 2.45) is 0 Å². The highest BCUT2D eigenvalue weighted by Gasteiger charge is 2.02. The molecule has 0 aliphatic heterocycles. The molecule has 15 heavy (non-hydrogen) atoms. The van der Waals surface area contributed by atoms with Gasteiger partial charge in [-0.1, -0.05) is 6.07 Å². The van der Waals surface area contributed by atoms with Crippen LogP contribution in [0, 0.1) is 0 Å². The van der Waals surface area contributed by atoms with Crippen LogP contribution in [0.2, 0.25) is 0 Å². The second-order valence-corrected chi connectivity index (χ2v) is 3.21. The van der Waals surface area contributed by atoms with Crippen molar-refractivity contribution in [2.75, 3.05) is 12.8 Å². The molecule has 0 amide bonds. The number of ether oxygens (including phenoxy) is 1. The lowest BCUT2D eigenvalue weighted by molar-refractivity contribution is 0.415. The van der Waals surface area contributed by atoms with Crippen molar-refractivity contribution >= 4 is 5.69 Å². The Balaban J connectivity index is 2.49. The number of benzene rings is 1. The Morgan fingerprint density at radius 1 is 1.20 bits per heavy atom. The van der Waals surface area contributed by atoms with Gasteiger partial charge in [-0.2, -0.15) is 0 Å². The summed E-state index contributed by atoms with van der Waals surface area (Å²) < 4.78 is 5.15. The molecule has 3 heteroatoms. The van der Waals surface area contributed by atoms with Crippen LogP contribution in [0.4, 0.5) is 5.69 Å². The van der Waals surface area contributed by atoms with Crippen molar-refractivity contribution < 1.29 is 4.74 Å². The highest BCUT2D eigenvalue weighted by Crippen LogP contribution is 2.25. The van der Waals surface area contributed by atoms with Crippen LogP contribution >= 0.6 is 0 Å². The largest absolute Gasteiger partial charge is 0.497 e. The number of nitrogens with zero attached hydrogens (tertiary/aromatic N) is 1. The van der Waals surface area contributed by atoms with E-state index in [-0.39, 0.29) is 0 Å². The molecule has 0 aliphatic rings. The standard InChI is InChI=1S/C12H12N2O/c1-15-11-7-9(6-10(13)8-11)12-4-2-3-5-14-12/h2-8H,13H2,1H3. The summed E-state index contributed by atoms with van der Waals surface area (Å²) in [5.74, 6) is 0.746. The minimum absolute atomic E-state index is 0.676. The third-order valence-corrected chi connectivity index (χ3v) is 2.13. The topological polar surface area (TPSA) is 48.1 Å². The predicted octanol–water partition coefficient (Wildman–Crippen LogP) is 2.34. The van der Waals surface area contributed by atoms with Crippen molar-refractivity contribution in [3.63, 3.8) is 0 Å². The molecule has 2 aromatic rings. The lowest BCUT2D eigenvalue weighted by Gasteiger charge is -2.05. The van der Waals surface area contributed by atoms with Crippen LogP contribution < -0.4 is 10.5 Å². The molecule has 0 radical (unpaired) electrons. The van der Waals surface area contributed by atoms with Crippen LogP contribution in [-0.2, 0) is 0 Å². The van der Waals surface area contributed by atoms with E-state index < -0.39 is 0 Å². The van der Waals surface area contributed by atoms with Gasteiger partial charge in [0.1, 0.15) is 5.75 Å². The van der Waals surface area contributed by atoms with E-state index in [0.717, 1.165) is 17.0 Å². The van der Waals surface area contributed by atoms with E-state index >= 15 is 0 Å².